The first kappa shape index (κ1) is 8.68. The molecule has 1 aliphatic heterocycles. The molecule has 0 radical (unpaired) electrons. The molecule has 0 amide bonds. The Morgan fingerprint density at radius 2 is 2.00 bits per heavy atom. The molecule has 0 atom stereocenters. The van der Waals surface area contributed by atoms with Gasteiger partial charge in [-0.05, 0) is 6.07 Å². The fourth-order valence-corrected chi connectivity index (χ4v) is 1.30. The average molecular weight is 196 g/mol. The van der Waals surface area contributed by atoms with Crippen molar-refractivity contribution in [2.75, 3.05) is 13.2 Å². The standard InChI is InChI=1S/C9H8O5/c10-5-3-6(9(11)12)8-7(4-5)13-1-2-14-8/h3-4,10H,1-2H2,(H,11,12). The molecule has 0 bridgehead atoms. The molecule has 0 spiro atoms. The summed E-state index contributed by atoms with van der Waals surface area (Å²) in [5, 5.41) is 18.0. The van der Waals surface area contributed by atoms with Gasteiger partial charge in [0.2, 0.25) is 0 Å². The van der Waals surface area contributed by atoms with Crippen LogP contribution in [0.5, 0.6) is 17.2 Å². The Balaban J connectivity index is 2.58. The summed E-state index contributed by atoms with van der Waals surface area (Å²) in [4.78, 5) is 10.8. The lowest BCUT2D eigenvalue weighted by molar-refractivity contribution is 0.0685. The van der Waals surface area contributed by atoms with E-state index in [-0.39, 0.29) is 22.8 Å². The van der Waals surface area contributed by atoms with Gasteiger partial charge >= 0.3 is 5.97 Å². The fraction of sp³-hybridized carbons (Fsp3) is 0.222. The minimum absolute atomic E-state index is 0.0836. The molecule has 0 saturated carbocycles. The van der Waals surface area contributed by atoms with Crippen LogP contribution in [0.15, 0.2) is 12.1 Å². The van der Waals surface area contributed by atoms with Crippen LogP contribution in [0.25, 0.3) is 0 Å². The quantitative estimate of drug-likeness (QED) is 0.696. The highest BCUT2D eigenvalue weighted by atomic mass is 16.6. The number of phenols is 1. The fourth-order valence-electron chi connectivity index (χ4n) is 1.30. The minimum atomic E-state index is -1.15. The Bertz CT molecular complexity index is 385. The maximum atomic E-state index is 10.8. The summed E-state index contributed by atoms with van der Waals surface area (Å²) in [6.07, 6.45) is 0. The molecule has 0 fully saturated rings. The molecule has 0 aliphatic carbocycles. The molecule has 1 aliphatic rings. The molecule has 14 heavy (non-hydrogen) atoms. The lowest BCUT2D eigenvalue weighted by Crippen LogP contribution is -2.17. The molecule has 1 heterocycles. The van der Waals surface area contributed by atoms with E-state index in [2.05, 4.69) is 0 Å². The van der Waals surface area contributed by atoms with Crippen molar-refractivity contribution < 1.29 is 24.5 Å². The first-order valence-corrected chi connectivity index (χ1v) is 4.04. The second-order valence-electron chi connectivity index (χ2n) is 2.82. The van der Waals surface area contributed by atoms with E-state index in [1.54, 1.807) is 0 Å². The number of hydrogen-bond donors (Lipinski definition) is 2. The summed E-state index contributed by atoms with van der Waals surface area (Å²) in [5.74, 6) is -0.843. The predicted molar refractivity (Wildman–Crippen MR) is 46.1 cm³/mol. The first-order valence-electron chi connectivity index (χ1n) is 4.04. The number of carbonyl (C=O) groups is 1. The molecule has 74 valence electrons. The smallest absolute Gasteiger partial charge is 0.339 e. The van der Waals surface area contributed by atoms with E-state index in [1.165, 1.54) is 6.07 Å². The Labute approximate surface area is 79.5 Å². The summed E-state index contributed by atoms with van der Waals surface area (Å²) < 4.78 is 10.3. The van der Waals surface area contributed by atoms with Gasteiger partial charge in [-0.25, -0.2) is 4.79 Å². The minimum Gasteiger partial charge on any atom is -0.508 e. The van der Waals surface area contributed by atoms with Crippen molar-refractivity contribution in [2.24, 2.45) is 0 Å². The van der Waals surface area contributed by atoms with Crippen LogP contribution in [-0.2, 0) is 0 Å². The van der Waals surface area contributed by atoms with Crippen LogP contribution in [0.3, 0.4) is 0 Å². The number of benzene rings is 1. The van der Waals surface area contributed by atoms with Gasteiger partial charge in [0.1, 0.15) is 24.5 Å². The number of ether oxygens (including phenoxy) is 2. The molecular weight excluding hydrogens is 188 g/mol. The van der Waals surface area contributed by atoms with Crippen LogP contribution in [0.4, 0.5) is 0 Å². The van der Waals surface area contributed by atoms with Crippen molar-refractivity contribution in [3.63, 3.8) is 0 Å². The SMILES string of the molecule is O=C(O)c1cc(O)cc2c1OCCO2. The third-order valence-corrected chi connectivity index (χ3v) is 1.86. The van der Waals surface area contributed by atoms with Crippen molar-refractivity contribution in [3.05, 3.63) is 17.7 Å². The van der Waals surface area contributed by atoms with E-state index >= 15 is 0 Å². The number of carboxylic acids is 1. The average Bonchev–Trinajstić information content (AvgIpc) is 2.16. The maximum Gasteiger partial charge on any atom is 0.339 e. The summed E-state index contributed by atoms with van der Waals surface area (Å²) in [6, 6.07) is 2.47. The van der Waals surface area contributed by atoms with Gasteiger partial charge in [0.05, 0.1) is 0 Å². The third-order valence-electron chi connectivity index (χ3n) is 1.86. The molecule has 0 aromatic heterocycles. The molecule has 5 nitrogen and oxygen atoms in total. The largest absolute Gasteiger partial charge is 0.508 e. The number of phenolic OH excluding ortho intramolecular Hbond substituents is 1. The number of aromatic carboxylic acids is 1. The van der Waals surface area contributed by atoms with Crippen LogP contribution in [-0.4, -0.2) is 29.4 Å². The zero-order valence-electron chi connectivity index (χ0n) is 7.19. The van der Waals surface area contributed by atoms with Crippen LogP contribution < -0.4 is 9.47 Å². The highest BCUT2D eigenvalue weighted by molar-refractivity contribution is 5.92. The highest BCUT2D eigenvalue weighted by Gasteiger charge is 2.21. The van der Waals surface area contributed by atoms with Crippen LogP contribution in [0.2, 0.25) is 0 Å². The van der Waals surface area contributed by atoms with E-state index in [1.807, 2.05) is 0 Å². The number of hydrogen-bond acceptors (Lipinski definition) is 4. The van der Waals surface area contributed by atoms with E-state index < -0.39 is 5.97 Å². The second kappa shape index (κ2) is 3.10. The molecule has 2 N–H and O–H groups in total. The molecule has 1 aromatic carbocycles. The van der Waals surface area contributed by atoms with Gasteiger partial charge in [0.25, 0.3) is 0 Å². The van der Waals surface area contributed by atoms with Gasteiger partial charge in [-0.1, -0.05) is 0 Å². The van der Waals surface area contributed by atoms with Crippen molar-refractivity contribution >= 4 is 5.97 Å². The summed E-state index contributed by atoms with van der Waals surface area (Å²) in [5.41, 5.74) is -0.0836. The van der Waals surface area contributed by atoms with Gasteiger partial charge in [0, 0.05) is 6.07 Å². The van der Waals surface area contributed by atoms with E-state index in [9.17, 15) is 9.90 Å². The van der Waals surface area contributed by atoms with E-state index in [0.717, 1.165) is 6.07 Å². The first-order chi connectivity index (χ1) is 6.68. The summed E-state index contributed by atoms with van der Waals surface area (Å²) >= 11 is 0. The molecule has 5 heteroatoms. The zero-order valence-corrected chi connectivity index (χ0v) is 7.19. The summed E-state index contributed by atoms with van der Waals surface area (Å²) in [7, 11) is 0. The Hall–Kier alpha value is -1.91. The van der Waals surface area contributed by atoms with Crippen LogP contribution in [0, 0.1) is 0 Å². The number of carboxylic acid groups (broad SMARTS) is 1. The van der Waals surface area contributed by atoms with Crippen molar-refractivity contribution in [1.82, 2.24) is 0 Å². The molecule has 0 unspecified atom stereocenters. The van der Waals surface area contributed by atoms with Crippen LogP contribution in [0.1, 0.15) is 10.4 Å². The topological polar surface area (TPSA) is 76.0 Å². The number of fused-ring (bicyclic) bond motifs is 1. The second-order valence-corrected chi connectivity index (χ2v) is 2.82. The number of rotatable bonds is 1. The normalized spacial score (nSPS) is 13.7. The molecule has 1 aromatic rings. The van der Waals surface area contributed by atoms with Crippen LogP contribution >= 0.6 is 0 Å². The number of aromatic hydroxyl groups is 1. The summed E-state index contributed by atoms with van der Waals surface area (Å²) in [6.45, 7) is 0.674. The Kier molecular flexibility index (Phi) is 1.92. The Morgan fingerprint density at radius 1 is 1.29 bits per heavy atom. The monoisotopic (exact) mass is 196 g/mol. The van der Waals surface area contributed by atoms with Gasteiger partial charge < -0.3 is 19.7 Å². The van der Waals surface area contributed by atoms with Crippen molar-refractivity contribution in [1.29, 1.82) is 0 Å². The van der Waals surface area contributed by atoms with Crippen molar-refractivity contribution in [3.8, 4) is 17.2 Å². The third kappa shape index (κ3) is 1.32. The Morgan fingerprint density at radius 3 is 2.71 bits per heavy atom. The van der Waals surface area contributed by atoms with E-state index in [0.29, 0.717) is 13.2 Å². The maximum absolute atomic E-state index is 10.8. The predicted octanol–water partition coefficient (Wildman–Crippen LogP) is 0.862. The molecule has 2 rings (SSSR count). The lowest BCUT2D eigenvalue weighted by Gasteiger charge is -2.19. The van der Waals surface area contributed by atoms with Gasteiger partial charge in [-0.15, -0.1) is 0 Å². The molecular formula is C9H8O5. The zero-order chi connectivity index (χ0) is 10.1. The lowest BCUT2D eigenvalue weighted by atomic mass is 10.1. The van der Waals surface area contributed by atoms with Gasteiger partial charge in [0.15, 0.2) is 11.5 Å². The van der Waals surface area contributed by atoms with E-state index in [4.69, 9.17) is 14.6 Å². The molecule has 0 saturated heterocycles. The van der Waals surface area contributed by atoms with Gasteiger partial charge in [-0.3, -0.25) is 0 Å². The van der Waals surface area contributed by atoms with Gasteiger partial charge in [-0.2, -0.15) is 0 Å². The van der Waals surface area contributed by atoms with Crippen molar-refractivity contribution in [2.45, 2.75) is 0 Å². The highest BCUT2D eigenvalue weighted by Crippen LogP contribution is 2.37.